The number of esters is 1. The second kappa shape index (κ2) is 18.7. The summed E-state index contributed by atoms with van der Waals surface area (Å²) in [6, 6.07) is 48.7. The maximum Gasteiger partial charge on any atom is 0.303 e. The van der Waals surface area contributed by atoms with Crippen molar-refractivity contribution in [2.45, 2.75) is 81.0 Å². The van der Waals surface area contributed by atoms with Crippen molar-refractivity contribution < 1.29 is 33.2 Å². The Kier molecular flexibility index (Phi) is 13.0. The van der Waals surface area contributed by atoms with Crippen molar-refractivity contribution >= 4 is 17.7 Å². The Morgan fingerprint density at radius 1 is 0.604 bits per heavy atom. The van der Waals surface area contributed by atoms with E-state index in [2.05, 4.69) is 54.6 Å². The summed E-state index contributed by atoms with van der Waals surface area (Å²) in [5.41, 5.74) is 5.90. The summed E-state index contributed by atoms with van der Waals surface area (Å²) in [6.45, 7) is 3.26. The van der Waals surface area contributed by atoms with E-state index in [0.29, 0.717) is 26.4 Å². The van der Waals surface area contributed by atoms with Crippen molar-refractivity contribution in [3.8, 4) is 0 Å². The number of carbonyl (C=O) groups is 1. The van der Waals surface area contributed by atoms with Gasteiger partial charge in [0.25, 0.3) is 0 Å². The van der Waals surface area contributed by atoms with E-state index in [1.165, 1.54) is 6.92 Å². The van der Waals surface area contributed by atoms with Crippen LogP contribution >= 0.6 is 11.8 Å². The van der Waals surface area contributed by atoms with Crippen LogP contribution in [-0.2, 0) is 66.1 Å². The number of benzene rings is 5. The van der Waals surface area contributed by atoms with Crippen LogP contribution in [0.5, 0.6) is 0 Å². The molecule has 8 heteroatoms. The third-order valence-corrected chi connectivity index (χ3v) is 11.0. The Morgan fingerprint density at radius 2 is 1.08 bits per heavy atom. The van der Waals surface area contributed by atoms with Gasteiger partial charge in [0.05, 0.1) is 38.3 Å². The molecule has 1 fully saturated rings. The summed E-state index contributed by atoms with van der Waals surface area (Å²) in [6.07, 6.45) is -1.80. The second-order valence-corrected chi connectivity index (χ2v) is 14.8. The van der Waals surface area contributed by atoms with Crippen LogP contribution in [0.25, 0.3) is 0 Å². The summed E-state index contributed by atoms with van der Waals surface area (Å²) >= 11 is 1.64. The highest BCUT2D eigenvalue weighted by molar-refractivity contribution is 8.00. The maximum absolute atomic E-state index is 12.4. The van der Waals surface area contributed by atoms with Crippen LogP contribution in [0.4, 0.5) is 0 Å². The SMILES string of the molecule is CC(=O)O[C@H]1c2ccccc2C[C@H]1S[C@H]1O[C@H](COCc2ccccc2)[C@@H](OCc2ccccc2)[C@H](OCc2ccccc2)[C@H]1OCc1ccccc1. The molecule has 0 unspecified atom stereocenters. The maximum atomic E-state index is 12.4. The molecule has 274 valence electrons. The van der Waals surface area contributed by atoms with Crippen molar-refractivity contribution in [1.29, 1.82) is 0 Å². The van der Waals surface area contributed by atoms with Crippen LogP contribution in [-0.4, -0.2) is 47.7 Å². The molecule has 1 heterocycles. The van der Waals surface area contributed by atoms with Gasteiger partial charge < -0.3 is 28.4 Å². The minimum atomic E-state index is -0.545. The van der Waals surface area contributed by atoms with E-state index in [1.807, 2.05) is 91.0 Å². The highest BCUT2D eigenvalue weighted by Gasteiger charge is 2.50. The lowest BCUT2D eigenvalue weighted by atomic mass is 9.98. The van der Waals surface area contributed by atoms with Gasteiger partial charge >= 0.3 is 5.97 Å². The van der Waals surface area contributed by atoms with Gasteiger partial charge in [-0.25, -0.2) is 0 Å². The van der Waals surface area contributed by atoms with Gasteiger partial charge in [-0.05, 0) is 39.8 Å². The van der Waals surface area contributed by atoms with Crippen LogP contribution in [0.3, 0.4) is 0 Å². The molecule has 7 rings (SSSR count). The van der Waals surface area contributed by atoms with E-state index in [4.69, 9.17) is 28.4 Å². The predicted molar refractivity (Wildman–Crippen MR) is 206 cm³/mol. The van der Waals surface area contributed by atoms with Crippen molar-refractivity contribution in [2.24, 2.45) is 0 Å². The highest BCUT2D eigenvalue weighted by Crippen LogP contribution is 2.46. The molecule has 1 aliphatic heterocycles. The van der Waals surface area contributed by atoms with E-state index in [-0.39, 0.29) is 17.8 Å². The van der Waals surface area contributed by atoms with Gasteiger partial charge in [-0.3, -0.25) is 4.79 Å². The van der Waals surface area contributed by atoms with Gasteiger partial charge in [-0.1, -0.05) is 146 Å². The third-order valence-electron chi connectivity index (χ3n) is 9.56. The molecule has 2 aliphatic rings. The first kappa shape index (κ1) is 37.1. The first-order valence-corrected chi connectivity index (χ1v) is 19.2. The van der Waals surface area contributed by atoms with Gasteiger partial charge in [-0.2, -0.15) is 0 Å². The van der Waals surface area contributed by atoms with Gasteiger partial charge in [0.15, 0.2) is 0 Å². The van der Waals surface area contributed by atoms with Crippen molar-refractivity contribution in [3.63, 3.8) is 0 Å². The number of thioether (sulfide) groups is 1. The van der Waals surface area contributed by atoms with E-state index in [1.54, 1.807) is 11.8 Å². The van der Waals surface area contributed by atoms with Gasteiger partial charge in [0.2, 0.25) is 0 Å². The molecule has 5 aromatic rings. The summed E-state index contributed by atoms with van der Waals surface area (Å²) in [4.78, 5) is 12.4. The summed E-state index contributed by atoms with van der Waals surface area (Å²) in [5, 5.41) is -0.105. The van der Waals surface area contributed by atoms with Crippen LogP contribution in [0.1, 0.15) is 46.4 Å². The number of hydrogen-bond acceptors (Lipinski definition) is 8. The topological polar surface area (TPSA) is 72.5 Å². The summed E-state index contributed by atoms with van der Waals surface area (Å²) in [7, 11) is 0. The molecular weight excluding hydrogens is 685 g/mol. The number of carbonyl (C=O) groups excluding carboxylic acids is 1. The minimum Gasteiger partial charge on any atom is -0.456 e. The fourth-order valence-corrected chi connectivity index (χ4v) is 8.55. The smallest absolute Gasteiger partial charge is 0.303 e. The molecule has 0 aromatic heterocycles. The molecule has 0 saturated carbocycles. The van der Waals surface area contributed by atoms with E-state index < -0.39 is 36.0 Å². The number of fused-ring (bicyclic) bond motifs is 1. The Hall–Kier alpha value is -4.28. The quantitative estimate of drug-likeness (QED) is 0.0935. The van der Waals surface area contributed by atoms with Crippen LogP contribution in [0.15, 0.2) is 146 Å². The van der Waals surface area contributed by atoms with E-state index in [0.717, 1.165) is 39.8 Å². The average molecular weight is 731 g/mol. The summed E-state index contributed by atoms with van der Waals surface area (Å²) in [5.74, 6) is -0.315. The Balaban J connectivity index is 1.22. The first-order chi connectivity index (χ1) is 26.1. The standard InChI is InChI=1S/C45H46O7S/c1-32(46)51-41-38-25-15-14-24-37(38)26-40(41)53-45-44(50-30-36-22-12-5-13-23-36)43(49-29-35-20-10-4-11-21-35)42(48-28-34-18-8-3-9-19-34)39(52-45)31-47-27-33-16-6-2-7-17-33/h2-25,39-45H,26-31H2,1H3/t39-,40-,41+,42-,43+,44-,45-/m1/s1. The Bertz CT molecular complexity index is 1840. The molecule has 0 radical (unpaired) electrons. The normalized spacial score (nSPS) is 23.7. The fraction of sp³-hybridized carbons (Fsp3) is 0.311. The van der Waals surface area contributed by atoms with E-state index in [9.17, 15) is 4.79 Å². The Labute approximate surface area is 316 Å². The molecule has 7 atom stereocenters. The Morgan fingerprint density at radius 3 is 1.62 bits per heavy atom. The molecule has 53 heavy (non-hydrogen) atoms. The molecule has 0 amide bonds. The van der Waals surface area contributed by atoms with Gasteiger partial charge in [0, 0.05) is 6.92 Å². The fourth-order valence-electron chi connectivity index (χ4n) is 6.99. The molecule has 7 nitrogen and oxygen atoms in total. The molecule has 5 aromatic carbocycles. The highest BCUT2D eigenvalue weighted by atomic mass is 32.2. The number of hydrogen-bond donors (Lipinski definition) is 0. The predicted octanol–water partition coefficient (Wildman–Crippen LogP) is 8.65. The van der Waals surface area contributed by atoms with E-state index >= 15 is 0 Å². The number of rotatable bonds is 16. The lowest BCUT2D eigenvalue weighted by Gasteiger charge is -2.46. The largest absolute Gasteiger partial charge is 0.456 e. The molecule has 1 aliphatic carbocycles. The van der Waals surface area contributed by atoms with Crippen LogP contribution in [0.2, 0.25) is 0 Å². The number of ether oxygens (including phenoxy) is 6. The van der Waals surface area contributed by atoms with Crippen molar-refractivity contribution in [3.05, 3.63) is 179 Å². The zero-order valence-corrected chi connectivity index (χ0v) is 30.7. The van der Waals surface area contributed by atoms with Gasteiger partial charge in [0.1, 0.15) is 36.0 Å². The molecule has 0 bridgehead atoms. The molecule has 0 spiro atoms. The zero-order chi connectivity index (χ0) is 36.2. The lowest BCUT2D eigenvalue weighted by molar-refractivity contribution is -0.254. The summed E-state index contributed by atoms with van der Waals surface area (Å²) < 4.78 is 40.1. The van der Waals surface area contributed by atoms with Gasteiger partial charge in [-0.15, -0.1) is 11.8 Å². The lowest BCUT2D eigenvalue weighted by Crippen LogP contribution is -2.60. The van der Waals surface area contributed by atoms with Crippen molar-refractivity contribution in [1.82, 2.24) is 0 Å². The molecule has 1 saturated heterocycles. The second-order valence-electron chi connectivity index (χ2n) is 13.4. The average Bonchev–Trinajstić information content (AvgIpc) is 3.53. The molecular formula is C45H46O7S. The first-order valence-electron chi connectivity index (χ1n) is 18.2. The van der Waals surface area contributed by atoms with Crippen molar-refractivity contribution in [2.75, 3.05) is 6.61 Å². The monoisotopic (exact) mass is 730 g/mol. The minimum absolute atomic E-state index is 0.105. The molecule has 0 N–H and O–H groups in total. The van der Waals surface area contributed by atoms with Crippen LogP contribution < -0.4 is 0 Å². The third kappa shape index (κ3) is 10.0. The zero-order valence-electron chi connectivity index (χ0n) is 29.9. The van der Waals surface area contributed by atoms with Crippen LogP contribution in [0, 0.1) is 0 Å².